The quantitative estimate of drug-likeness (QED) is 0.760. The molecule has 0 aliphatic rings. The van der Waals surface area contributed by atoms with Crippen molar-refractivity contribution < 1.29 is 8.42 Å². The Hall–Kier alpha value is -0.850. The Morgan fingerprint density at radius 1 is 1.29 bits per heavy atom. The first kappa shape index (κ1) is 18.2. The van der Waals surface area contributed by atoms with Gasteiger partial charge in [0.15, 0.2) is 0 Å². The summed E-state index contributed by atoms with van der Waals surface area (Å²) in [6, 6.07) is 1.80. The fourth-order valence-electron chi connectivity index (χ4n) is 2.32. The summed E-state index contributed by atoms with van der Waals surface area (Å²) in [4.78, 5) is 0.403. The highest BCUT2D eigenvalue weighted by Gasteiger charge is 2.25. The van der Waals surface area contributed by atoms with Gasteiger partial charge in [-0.25, -0.2) is 8.42 Å². The minimum absolute atomic E-state index is 0.314. The molecule has 0 unspecified atom stereocenters. The number of rotatable bonds is 9. The molecule has 0 aliphatic heterocycles. The van der Waals surface area contributed by atoms with Gasteiger partial charge in [0.2, 0.25) is 10.0 Å². The van der Waals surface area contributed by atoms with Crippen molar-refractivity contribution in [3.05, 3.63) is 18.0 Å². The smallest absolute Gasteiger partial charge is 0.244 e. The van der Waals surface area contributed by atoms with Gasteiger partial charge in [0.05, 0.1) is 0 Å². The van der Waals surface area contributed by atoms with E-state index in [1.807, 2.05) is 39.2 Å². The van der Waals surface area contributed by atoms with Crippen LogP contribution in [-0.4, -0.2) is 36.9 Å². The van der Waals surface area contributed by atoms with Crippen molar-refractivity contribution in [2.45, 2.75) is 52.6 Å². The lowest BCUT2D eigenvalue weighted by atomic mass is 10.2. The summed E-state index contributed by atoms with van der Waals surface area (Å²) in [5, 5.41) is 3.25. The Labute approximate surface area is 129 Å². The van der Waals surface area contributed by atoms with Gasteiger partial charge in [-0.05, 0) is 25.5 Å². The van der Waals surface area contributed by atoms with E-state index >= 15 is 0 Å². The summed E-state index contributed by atoms with van der Waals surface area (Å²) in [6.07, 6.45) is 1.75. The monoisotopic (exact) mass is 315 g/mol. The number of nitrogens with one attached hydrogen (secondary N) is 1. The van der Waals surface area contributed by atoms with Gasteiger partial charge in [0, 0.05) is 38.1 Å². The minimum atomic E-state index is -3.40. The third kappa shape index (κ3) is 4.56. The van der Waals surface area contributed by atoms with E-state index in [9.17, 15) is 8.42 Å². The molecule has 6 heteroatoms. The van der Waals surface area contributed by atoms with Crippen LogP contribution in [0.5, 0.6) is 0 Å². The van der Waals surface area contributed by atoms with E-state index in [4.69, 9.17) is 0 Å². The molecule has 5 nitrogen and oxygen atoms in total. The zero-order valence-corrected chi connectivity index (χ0v) is 14.7. The van der Waals surface area contributed by atoms with Crippen molar-refractivity contribution in [1.82, 2.24) is 14.2 Å². The summed E-state index contributed by atoms with van der Waals surface area (Å²) in [5.74, 6) is 0.314. The first-order chi connectivity index (χ1) is 9.86. The molecule has 0 atom stereocenters. The first-order valence-electron chi connectivity index (χ1n) is 7.76. The largest absolute Gasteiger partial charge is 0.349 e. The maximum atomic E-state index is 12.7. The molecule has 1 aromatic heterocycles. The van der Waals surface area contributed by atoms with E-state index < -0.39 is 10.0 Å². The van der Waals surface area contributed by atoms with Gasteiger partial charge < -0.3 is 9.88 Å². The third-order valence-corrected chi connectivity index (χ3v) is 5.32. The van der Waals surface area contributed by atoms with Crippen LogP contribution in [0.1, 0.15) is 40.3 Å². The van der Waals surface area contributed by atoms with Crippen molar-refractivity contribution in [1.29, 1.82) is 0 Å². The molecule has 0 amide bonds. The summed E-state index contributed by atoms with van der Waals surface area (Å²) >= 11 is 0. The summed E-state index contributed by atoms with van der Waals surface area (Å²) in [7, 11) is -3.40. The highest BCUT2D eigenvalue weighted by Crippen LogP contribution is 2.20. The maximum Gasteiger partial charge on any atom is 0.244 e. The van der Waals surface area contributed by atoms with Crippen molar-refractivity contribution >= 4 is 10.0 Å². The van der Waals surface area contributed by atoms with Crippen molar-refractivity contribution in [2.75, 3.05) is 19.6 Å². The number of hydrogen-bond acceptors (Lipinski definition) is 3. The van der Waals surface area contributed by atoms with E-state index in [1.54, 1.807) is 16.6 Å². The van der Waals surface area contributed by atoms with Gasteiger partial charge in [-0.3, -0.25) is 0 Å². The molecular formula is C15H29N3O2S. The van der Waals surface area contributed by atoms with E-state index in [-0.39, 0.29) is 0 Å². The van der Waals surface area contributed by atoms with Crippen LogP contribution in [0.15, 0.2) is 17.2 Å². The molecule has 0 saturated heterocycles. The number of nitrogens with zero attached hydrogens (tertiary/aromatic N) is 2. The lowest BCUT2D eigenvalue weighted by molar-refractivity contribution is 0.381. The molecule has 1 rings (SSSR count). The zero-order chi connectivity index (χ0) is 16.0. The van der Waals surface area contributed by atoms with Crippen molar-refractivity contribution in [3.63, 3.8) is 0 Å². The molecule has 0 bridgehead atoms. The van der Waals surface area contributed by atoms with Gasteiger partial charge in [0.1, 0.15) is 4.90 Å². The van der Waals surface area contributed by atoms with Crippen LogP contribution in [0, 0.1) is 5.92 Å². The Morgan fingerprint density at radius 2 is 1.95 bits per heavy atom. The first-order valence-corrected chi connectivity index (χ1v) is 9.20. The van der Waals surface area contributed by atoms with Crippen LogP contribution in [0.4, 0.5) is 0 Å². The van der Waals surface area contributed by atoms with E-state index in [0.29, 0.717) is 30.4 Å². The topological polar surface area (TPSA) is 54.3 Å². The molecule has 1 N–H and O–H groups in total. The van der Waals surface area contributed by atoms with Crippen LogP contribution in [0.3, 0.4) is 0 Å². The second kappa shape index (κ2) is 7.96. The van der Waals surface area contributed by atoms with E-state index in [1.165, 1.54) is 0 Å². The predicted molar refractivity (Wildman–Crippen MR) is 86.8 cm³/mol. The minimum Gasteiger partial charge on any atom is -0.349 e. The third-order valence-electron chi connectivity index (χ3n) is 3.42. The molecule has 122 valence electrons. The maximum absolute atomic E-state index is 12.7. The molecule has 1 aromatic rings. The number of aromatic nitrogens is 1. The lowest BCUT2D eigenvalue weighted by Crippen LogP contribution is -2.33. The Morgan fingerprint density at radius 3 is 2.43 bits per heavy atom. The zero-order valence-electron chi connectivity index (χ0n) is 13.9. The molecule has 0 aliphatic carbocycles. The highest BCUT2D eigenvalue weighted by molar-refractivity contribution is 7.89. The van der Waals surface area contributed by atoms with Crippen LogP contribution in [0.2, 0.25) is 0 Å². The normalized spacial score (nSPS) is 12.5. The van der Waals surface area contributed by atoms with Crippen LogP contribution in [0.25, 0.3) is 0 Å². The number of sulfonamides is 1. The predicted octanol–water partition coefficient (Wildman–Crippen LogP) is 2.28. The van der Waals surface area contributed by atoms with Gasteiger partial charge in [-0.15, -0.1) is 0 Å². The summed E-state index contributed by atoms with van der Waals surface area (Å²) in [6.45, 7) is 13.4. The van der Waals surface area contributed by atoms with Crippen LogP contribution in [-0.2, 0) is 23.1 Å². The van der Waals surface area contributed by atoms with Gasteiger partial charge >= 0.3 is 0 Å². The summed E-state index contributed by atoms with van der Waals surface area (Å²) < 4.78 is 29.1. The fourth-order valence-corrected chi connectivity index (χ4v) is 3.99. The number of aryl methyl sites for hydroxylation is 1. The highest BCUT2D eigenvalue weighted by atomic mass is 32.2. The second-order valence-corrected chi connectivity index (χ2v) is 7.52. The van der Waals surface area contributed by atoms with Gasteiger partial charge in [0.25, 0.3) is 0 Å². The van der Waals surface area contributed by atoms with Crippen LogP contribution < -0.4 is 5.32 Å². The van der Waals surface area contributed by atoms with Crippen molar-refractivity contribution in [2.24, 2.45) is 5.92 Å². The Kier molecular flexibility index (Phi) is 6.90. The molecular weight excluding hydrogens is 286 g/mol. The average Bonchev–Trinajstić information content (AvgIpc) is 2.85. The molecule has 0 spiro atoms. The summed E-state index contributed by atoms with van der Waals surface area (Å²) in [5.41, 5.74) is 1.01. The average molecular weight is 315 g/mol. The molecule has 0 fully saturated rings. The lowest BCUT2D eigenvalue weighted by Gasteiger charge is -2.21. The SMILES string of the molecule is CCNCc1cc(S(=O)(=O)N(CC)CC(C)C)cn1CC. The molecule has 21 heavy (non-hydrogen) atoms. The standard InChI is InChI=1S/C15H29N3O2S/c1-6-16-10-14-9-15(12-17(14)7-2)21(19,20)18(8-3)11-13(4)5/h9,12-13,16H,6-8,10-11H2,1-5H3. The number of hydrogen-bond donors (Lipinski definition) is 1. The molecule has 0 aromatic carbocycles. The van der Waals surface area contributed by atoms with E-state index in [0.717, 1.165) is 18.8 Å². The second-order valence-electron chi connectivity index (χ2n) is 5.58. The molecule has 0 saturated carbocycles. The molecule has 0 radical (unpaired) electrons. The van der Waals surface area contributed by atoms with Gasteiger partial charge in [-0.1, -0.05) is 27.7 Å². The van der Waals surface area contributed by atoms with E-state index in [2.05, 4.69) is 5.32 Å². The van der Waals surface area contributed by atoms with Crippen LogP contribution >= 0.6 is 0 Å². The van der Waals surface area contributed by atoms with Crippen molar-refractivity contribution in [3.8, 4) is 0 Å². The fraction of sp³-hybridized carbons (Fsp3) is 0.733. The van der Waals surface area contributed by atoms with Gasteiger partial charge in [-0.2, -0.15) is 4.31 Å². The molecule has 1 heterocycles. The Balaban J connectivity index is 3.09. The Bertz CT molecular complexity index is 535.